The van der Waals surface area contributed by atoms with Crippen LogP contribution in [0.15, 0.2) is 22.8 Å². The number of piperidine rings is 1. The molecule has 1 aromatic rings. The van der Waals surface area contributed by atoms with E-state index in [9.17, 15) is 4.79 Å². The van der Waals surface area contributed by atoms with Crippen LogP contribution >= 0.6 is 0 Å². The van der Waals surface area contributed by atoms with Gasteiger partial charge in [0.15, 0.2) is 0 Å². The van der Waals surface area contributed by atoms with E-state index in [0.29, 0.717) is 12.1 Å². The first-order valence-corrected chi connectivity index (χ1v) is 6.25. The fourth-order valence-corrected chi connectivity index (χ4v) is 3.32. The van der Waals surface area contributed by atoms with Gasteiger partial charge in [-0.1, -0.05) is 0 Å². The number of carbonyl (C=O) groups is 1. The van der Waals surface area contributed by atoms with Gasteiger partial charge in [0.25, 0.3) is 0 Å². The third-order valence-corrected chi connectivity index (χ3v) is 4.15. The van der Waals surface area contributed by atoms with Crippen molar-refractivity contribution in [3.63, 3.8) is 0 Å². The van der Waals surface area contributed by atoms with Crippen LogP contribution in [-0.4, -0.2) is 28.1 Å². The van der Waals surface area contributed by atoms with Crippen LogP contribution in [0, 0.1) is 5.92 Å². The maximum atomic E-state index is 11.1. The predicted molar refractivity (Wildman–Crippen MR) is 61.4 cm³/mol. The first-order chi connectivity index (χ1) is 8.24. The molecule has 1 N–H and O–H groups in total. The van der Waals surface area contributed by atoms with Crippen LogP contribution in [0.3, 0.4) is 0 Å². The molecule has 2 aliphatic rings. The molecule has 2 aliphatic heterocycles. The second-order valence-electron chi connectivity index (χ2n) is 5.14. The van der Waals surface area contributed by atoms with Crippen LogP contribution in [-0.2, 0) is 11.3 Å². The Morgan fingerprint density at radius 1 is 1.41 bits per heavy atom. The van der Waals surface area contributed by atoms with Crippen molar-refractivity contribution in [3.8, 4) is 0 Å². The van der Waals surface area contributed by atoms with E-state index in [0.717, 1.165) is 38.0 Å². The van der Waals surface area contributed by atoms with E-state index < -0.39 is 5.97 Å². The summed E-state index contributed by atoms with van der Waals surface area (Å²) in [6.07, 6.45) is 5.56. The normalized spacial score (nSPS) is 32.8. The third-order valence-electron chi connectivity index (χ3n) is 4.15. The molecule has 2 saturated heterocycles. The molecule has 0 saturated carbocycles. The molecule has 3 heterocycles. The van der Waals surface area contributed by atoms with Gasteiger partial charge in [0, 0.05) is 12.1 Å². The number of fused-ring (bicyclic) bond motifs is 2. The molecule has 92 valence electrons. The van der Waals surface area contributed by atoms with Gasteiger partial charge in [-0.15, -0.1) is 0 Å². The largest absolute Gasteiger partial charge is 0.481 e. The first-order valence-electron chi connectivity index (χ1n) is 6.25. The monoisotopic (exact) mass is 235 g/mol. The van der Waals surface area contributed by atoms with E-state index in [4.69, 9.17) is 9.52 Å². The van der Waals surface area contributed by atoms with Crippen molar-refractivity contribution < 1.29 is 14.3 Å². The van der Waals surface area contributed by atoms with Crippen molar-refractivity contribution in [2.45, 2.75) is 44.3 Å². The van der Waals surface area contributed by atoms with Crippen molar-refractivity contribution in [3.05, 3.63) is 24.2 Å². The number of aliphatic carboxylic acids is 1. The molecule has 0 radical (unpaired) electrons. The molecular formula is C13H17NO3. The van der Waals surface area contributed by atoms with Crippen LogP contribution in [0.5, 0.6) is 0 Å². The molecule has 4 nitrogen and oxygen atoms in total. The summed E-state index contributed by atoms with van der Waals surface area (Å²) in [7, 11) is 0. The van der Waals surface area contributed by atoms with Gasteiger partial charge in [0.2, 0.25) is 0 Å². The minimum absolute atomic E-state index is 0.139. The quantitative estimate of drug-likeness (QED) is 0.871. The summed E-state index contributed by atoms with van der Waals surface area (Å²) in [5, 5.41) is 9.11. The topological polar surface area (TPSA) is 53.7 Å². The van der Waals surface area contributed by atoms with Crippen LogP contribution in [0.2, 0.25) is 0 Å². The molecule has 2 bridgehead atoms. The van der Waals surface area contributed by atoms with Crippen molar-refractivity contribution in [1.29, 1.82) is 0 Å². The molecule has 2 atom stereocenters. The van der Waals surface area contributed by atoms with E-state index in [1.165, 1.54) is 0 Å². The summed E-state index contributed by atoms with van der Waals surface area (Å²) < 4.78 is 5.38. The minimum atomic E-state index is -0.625. The van der Waals surface area contributed by atoms with Gasteiger partial charge < -0.3 is 9.52 Å². The number of carboxylic acid groups (broad SMARTS) is 1. The number of carboxylic acids is 1. The smallest absolute Gasteiger partial charge is 0.306 e. The van der Waals surface area contributed by atoms with Crippen LogP contribution in [0.4, 0.5) is 0 Å². The van der Waals surface area contributed by atoms with Gasteiger partial charge in [0.05, 0.1) is 18.7 Å². The van der Waals surface area contributed by atoms with Gasteiger partial charge in [-0.05, 0) is 37.8 Å². The maximum Gasteiger partial charge on any atom is 0.306 e. The summed E-state index contributed by atoms with van der Waals surface area (Å²) in [5.41, 5.74) is 0. The van der Waals surface area contributed by atoms with Gasteiger partial charge >= 0.3 is 5.97 Å². The Kier molecular flexibility index (Phi) is 2.67. The average Bonchev–Trinajstić information content (AvgIpc) is 2.86. The molecule has 1 aromatic heterocycles. The number of hydrogen-bond donors (Lipinski definition) is 1. The summed E-state index contributed by atoms with van der Waals surface area (Å²) in [4.78, 5) is 13.5. The molecule has 0 aromatic carbocycles. The van der Waals surface area contributed by atoms with Crippen LogP contribution < -0.4 is 0 Å². The lowest BCUT2D eigenvalue weighted by Crippen LogP contribution is -2.44. The first kappa shape index (κ1) is 10.8. The van der Waals surface area contributed by atoms with Crippen molar-refractivity contribution in [2.24, 2.45) is 5.92 Å². The highest BCUT2D eigenvalue weighted by molar-refractivity contribution is 5.70. The predicted octanol–water partition coefficient (Wildman–Crippen LogP) is 2.11. The number of furan rings is 1. The maximum absolute atomic E-state index is 11.1. The molecule has 17 heavy (non-hydrogen) atoms. The Bertz CT molecular complexity index is 387. The molecule has 0 amide bonds. The highest BCUT2D eigenvalue weighted by Gasteiger charge is 2.42. The van der Waals surface area contributed by atoms with Crippen molar-refractivity contribution in [1.82, 2.24) is 4.90 Å². The standard InChI is InChI=1S/C13H17NO3/c15-13(16)9-6-10-3-4-11(7-9)14(10)8-12-2-1-5-17-12/h1-2,5,9-11H,3-4,6-8H2,(H,15,16). The van der Waals surface area contributed by atoms with Gasteiger partial charge in [-0.2, -0.15) is 0 Å². The highest BCUT2D eigenvalue weighted by atomic mass is 16.4. The van der Waals surface area contributed by atoms with E-state index in [1.807, 2.05) is 12.1 Å². The fraction of sp³-hybridized carbons (Fsp3) is 0.615. The number of nitrogens with zero attached hydrogens (tertiary/aromatic N) is 1. The summed E-state index contributed by atoms with van der Waals surface area (Å²) in [6, 6.07) is 4.75. The van der Waals surface area contributed by atoms with Gasteiger partial charge in [-0.3, -0.25) is 9.69 Å². The summed E-state index contributed by atoms with van der Waals surface area (Å²) in [5.74, 6) is 0.218. The number of rotatable bonds is 3. The molecule has 0 aliphatic carbocycles. The molecule has 2 unspecified atom stereocenters. The molecule has 4 heteroatoms. The lowest BCUT2D eigenvalue weighted by molar-refractivity contribution is -0.144. The van der Waals surface area contributed by atoms with Crippen LogP contribution in [0.1, 0.15) is 31.4 Å². The van der Waals surface area contributed by atoms with Gasteiger partial charge in [0.1, 0.15) is 5.76 Å². The third kappa shape index (κ3) is 1.97. The molecular weight excluding hydrogens is 218 g/mol. The second kappa shape index (κ2) is 4.18. The van der Waals surface area contributed by atoms with Gasteiger partial charge in [-0.25, -0.2) is 0 Å². The summed E-state index contributed by atoms with van der Waals surface area (Å²) in [6.45, 7) is 0.828. The lowest BCUT2D eigenvalue weighted by Gasteiger charge is -2.36. The van der Waals surface area contributed by atoms with E-state index >= 15 is 0 Å². The SMILES string of the molecule is O=C(O)C1CC2CCC(C1)N2Cc1ccco1. The van der Waals surface area contributed by atoms with E-state index in [-0.39, 0.29) is 5.92 Å². The zero-order valence-corrected chi connectivity index (χ0v) is 9.71. The molecule has 3 rings (SSSR count). The Morgan fingerprint density at radius 3 is 2.65 bits per heavy atom. The highest BCUT2D eigenvalue weighted by Crippen LogP contribution is 2.39. The minimum Gasteiger partial charge on any atom is -0.481 e. The summed E-state index contributed by atoms with van der Waals surface area (Å²) >= 11 is 0. The molecule has 2 fully saturated rings. The zero-order valence-electron chi connectivity index (χ0n) is 9.71. The van der Waals surface area contributed by atoms with E-state index in [1.54, 1.807) is 6.26 Å². The fourth-order valence-electron chi connectivity index (χ4n) is 3.32. The van der Waals surface area contributed by atoms with Crippen LogP contribution in [0.25, 0.3) is 0 Å². The molecule has 0 spiro atoms. The van der Waals surface area contributed by atoms with Crippen molar-refractivity contribution >= 4 is 5.97 Å². The number of hydrogen-bond acceptors (Lipinski definition) is 3. The van der Waals surface area contributed by atoms with E-state index in [2.05, 4.69) is 4.90 Å². The Hall–Kier alpha value is -1.29. The van der Waals surface area contributed by atoms with Crippen molar-refractivity contribution in [2.75, 3.05) is 0 Å². The Balaban J connectivity index is 1.70. The Labute approximate surface area is 100 Å². The lowest BCUT2D eigenvalue weighted by atomic mass is 9.91. The second-order valence-corrected chi connectivity index (χ2v) is 5.14. The Morgan fingerprint density at radius 2 is 2.12 bits per heavy atom. The average molecular weight is 235 g/mol. The zero-order chi connectivity index (χ0) is 11.8.